The van der Waals surface area contributed by atoms with Gasteiger partial charge in [0.1, 0.15) is 0 Å². The number of nitrogens with zero attached hydrogens (tertiary/aromatic N) is 3. The maximum Gasteiger partial charge on any atom is 0.189 e. The molecule has 0 amide bonds. The molecule has 0 spiro atoms. The molecule has 1 saturated carbocycles. The largest absolute Gasteiger partial charge is 0.376 e. The van der Waals surface area contributed by atoms with Crippen LogP contribution in [0.15, 0.2) is 23.3 Å². The minimum Gasteiger partial charge on any atom is -0.376 e. The summed E-state index contributed by atoms with van der Waals surface area (Å²) in [7, 11) is 4.02. The molecule has 20 heavy (non-hydrogen) atoms. The van der Waals surface area contributed by atoms with Crippen molar-refractivity contribution in [3.63, 3.8) is 0 Å². The zero-order chi connectivity index (χ0) is 14.4. The quantitative estimate of drug-likeness (QED) is 0.650. The maximum absolute atomic E-state index is 5.98. The molecule has 0 aliphatic heterocycles. The molecule has 110 valence electrons. The summed E-state index contributed by atoms with van der Waals surface area (Å²) >= 11 is 0. The number of aromatic nitrogens is 1. The van der Waals surface area contributed by atoms with Crippen LogP contribution >= 0.6 is 0 Å². The molecule has 2 rings (SSSR count). The highest BCUT2D eigenvalue weighted by molar-refractivity contribution is 5.78. The Morgan fingerprint density at radius 3 is 2.85 bits per heavy atom. The van der Waals surface area contributed by atoms with Crippen molar-refractivity contribution in [3.05, 3.63) is 24.0 Å². The minimum absolute atomic E-state index is 0.490. The van der Waals surface area contributed by atoms with Gasteiger partial charge in [0.2, 0.25) is 0 Å². The lowest BCUT2D eigenvalue weighted by atomic mass is 9.96. The summed E-state index contributed by atoms with van der Waals surface area (Å²) < 4.78 is 0. The molecular weight excluding hydrogens is 250 g/mol. The zero-order valence-electron chi connectivity index (χ0n) is 12.5. The third-order valence-electron chi connectivity index (χ3n) is 3.70. The van der Waals surface area contributed by atoms with Crippen LogP contribution in [0.1, 0.15) is 37.8 Å². The highest BCUT2D eigenvalue weighted by Gasteiger charge is 2.13. The van der Waals surface area contributed by atoms with E-state index in [4.69, 9.17) is 5.73 Å². The number of hydrogen-bond acceptors (Lipinski definition) is 3. The van der Waals surface area contributed by atoms with Gasteiger partial charge in [-0.2, -0.15) is 0 Å². The van der Waals surface area contributed by atoms with Gasteiger partial charge in [-0.25, -0.2) is 4.99 Å². The summed E-state index contributed by atoms with van der Waals surface area (Å²) in [6, 6.07) is 4.47. The van der Waals surface area contributed by atoms with Gasteiger partial charge in [0.05, 0.1) is 17.9 Å². The Labute approximate surface area is 121 Å². The Bertz CT molecular complexity index is 449. The van der Waals surface area contributed by atoms with Crippen LogP contribution in [0.5, 0.6) is 0 Å². The molecule has 1 aliphatic rings. The van der Waals surface area contributed by atoms with Gasteiger partial charge in [0.25, 0.3) is 0 Å². The number of rotatable bonds is 4. The topological polar surface area (TPSA) is 66.5 Å². The minimum atomic E-state index is 0.490. The Kier molecular flexibility index (Phi) is 5.21. The lowest BCUT2D eigenvalue weighted by molar-refractivity contribution is 0.412. The van der Waals surface area contributed by atoms with E-state index in [1.54, 1.807) is 6.20 Å². The highest BCUT2D eigenvalue weighted by Crippen LogP contribution is 2.18. The molecular formula is C15H25N5. The van der Waals surface area contributed by atoms with Crippen molar-refractivity contribution in [2.75, 3.05) is 19.0 Å². The van der Waals surface area contributed by atoms with E-state index >= 15 is 0 Å². The van der Waals surface area contributed by atoms with E-state index in [0.717, 1.165) is 11.4 Å². The predicted molar refractivity (Wildman–Crippen MR) is 83.9 cm³/mol. The molecule has 0 bridgehead atoms. The van der Waals surface area contributed by atoms with E-state index in [0.29, 0.717) is 18.5 Å². The lowest BCUT2D eigenvalue weighted by Gasteiger charge is -2.23. The van der Waals surface area contributed by atoms with Crippen LogP contribution in [0.2, 0.25) is 0 Å². The molecule has 0 radical (unpaired) electrons. The molecule has 0 saturated heterocycles. The van der Waals surface area contributed by atoms with E-state index in [2.05, 4.69) is 15.3 Å². The monoisotopic (exact) mass is 275 g/mol. The van der Waals surface area contributed by atoms with Crippen molar-refractivity contribution < 1.29 is 0 Å². The number of pyridine rings is 1. The summed E-state index contributed by atoms with van der Waals surface area (Å²) in [6.45, 7) is 0.514. The van der Waals surface area contributed by atoms with Gasteiger partial charge < -0.3 is 16.0 Å². The number of guanidine groups is 1. The van der Waals surface area contributed by atoms with Crippen molar-refractivity contribution in [1.29, 1.82) is 0 Å². The summed E-state index contributed by atoms with van der Waals surface area (Å²) in [5.74, 6) is 0.534. The fraction of sp³-hybridized carbons (Fsp3) is 0.600. The molecule has 5 heteroatoms. The Morgan fingerprint density at radius 1 is 1.40 bits per heavy atom. The summed E-state index contributed by atoms with van der Waals surface area (Å²) in [5.41, 5.74) is 8.01. The third kappa shape index (κ3) is 4.11. The third-order valence-corrected chi connectivity index (χ3v) is 3.70. The van der Waals surface area contributed by atoms with Gasteiger partial charge in [-0.05, 0) is 25.0 Å². The van der Waals surface area contributed by atoms with E-state index in [1.807, 2.05) is 31.1 Å². The summed E-state index contributed by atoms with van der Waals surface area (Å²) in [6.07, 6.45) is 8.11. The van der Waals surface area contributed by atoms with Gasteiger partial charge in [0, 0.05) is 26.3 Å². The first-order chi connectivity index (χ1) is 9.66. The molecule has 3 N–H and O–H groups in total. The van der Waals surface area contributed by atoms with Crippen molar-refractivity contribution in [2.24, 2.45) is 10.7 Å². The van der Waals surface area contributed by atoms with E-state index in [9.17, 15) is 0 Å². The molecule has 5 nitrogen and oxygen atoms in total. The lowest BCUT2D eigenvalue weighted by Crippen LogP contribution is -2.41. The Balaban J connectivity index is 1.94. The molecule has 0 unspecified atom stereocenters. The van der Waals surface area contributed by atoms with Gasteiger partial charge in [-0.3, -0.25) is 4.98 Å². The average molecular weight is 275 g/mol. The Morgan fingerprint density at radius 2 is 2.15 bits per heavy atom. The predicted octanol–water partition coefficient (Wildman–Crippen LogP) is 1.88. The fourth-order valence-electron chi connectivity index (χ4n) is 2.62. The molecule has 0 atom stereocenters. The first-order valence-electron chi connectivity index (χ1n) is 7.34. The second-order valence-corrected chi connectivity index (χ2v) is 5.54. The number of anilines is 1. The number of nitrogens with one attached hydrogen (secondary N) is 1. The van der Waals surface area contributed by atoms with Gasteiger partial charge >= 0.3 is 0 Å². The zero-order valence-corrected chi connectivity index (χ0v) is 12.5. The molecule has 1 heterocycles. The smallest absolute Gasteiger partial charge is 0.189 e. The van der Waals surface area contributed by atoms with Crippen LogP contribution in [0.25, 0.3) is 0 Å². The normalized spacial score (nSPS) is 17.0. The Hall–Kier alpha value is -1.78. The van der Waals surface area contributed by atoms with Gasteiger partial charge in [-0.15, -0.1) is 0 Å². The van der Waals surface area contributed by atoms with Crippen LogP contribution in [0.3, 0.4) is 0 Å². The first-order valence-corrected chi connectivity index (χ1v) is 7.34. The van der Waals surface area contributed by atoms with Gasteiger partial charge in [0.15, 0.2) is 5.96 Å². The number of hydrogen-bond donors (Lipinski definition) is 2. The fourth-order valence-corrected chi connectivity index (χ4v) is 2.62. The molecule has 0 aromatic carbocycles. The second kappa shape index (κ2) is 7.12. The average Bonchev–Trinajstić information content (AvgIpc) is 2.46. The van der Waals surface area contributed by atoms with Crippen LogP contribution < -0.4 is 16.0 Å². The SMILES string of the molecule is CN(C)c1cccnc1CN=C(N)NC1CCCCC1. The van der Waals surface area contributed by atoms with Gasteiger partial charge in [-0.1, -0.05) is 19.3 Å². The van der Waals surface area contributed by atoms with E-state index < -0.39 is 0 Å². The van der Waals surface area contributed by atoms with Crippen molar-refractivity contribution in [1.82, 2.24) is 10.3 Å². The van der Waals surface area contributed by atoms with E-state index in [-0.39, 0.29) is 0 Å². The maximum atomic E-state index is 5.98. The first kappa shape index (κ1) is 14.6. The molecule has 1 aromatic heterocycles. The number of aliphatic imine (C=N–C) groups is 1. The van der Waals surface area contributed by atoms with E-state index in [1.165, 1.54) is 32.1 Å². The van der Waals surface area contributed by atoms with Crippen molar-refractivity contribution in [2.45, 2.75) is 44.7 Å². The molecule has 1 aliphatic carbocycles. The molecule has 1 aromatic rings. The second-order valence-electron chi connectivity index (χ2n) is 5.54. The van der Waals surface area contributed by atoms with Crippen LogP contribution in [-0.4, -0.2) is 31.1 Å². The van der Waals surface area contributed by atoms with Crippen LogP contribution in [0.4, 0.5) is 5.69 Å². The number of nitrogens with two attached hydrogens (primary N) is 1. The summed E-state index contributed by atoms with van der Waals surface area (Å²) in [5, 5.41) is 3.32. The standard InChI is InChI=1S/C15H25N5/c1-20(2)14-9-6-10-17-13(14)11-18-15(16)19-12-7-4-3-5-8-12/h6,9-10,12H,3-5,7-8,11H2,1-2H3,(H3,16,18,19). The van der Waals surface area contributed by atoms with Crippen molar-refractivity contribution >= 4 is 11.6 Å². The highest BCUT2D eigenvalue weighted by atomic mass is 15.1. The van der Waals surface area contributed by atoms with Crippen molar-refractivity contribution in [3.8, 4) is 0 Å². The molecule has 1 fully saturated rings. The van der Waals surface area contributed by atoms with Crippen LogP contribution in [-0.2, 0) is 6.54 Å². The van der Waals surface area contributed by atoms with Crippen LogP contribution in [0, 0.1) is 0 Å². The summed E-state index contributed by atoms with van der Waals surface area (Å²) in [4.78, 5) is 10.9.